The van der Waals surface area contributed by atoms with Crippen molar-refractivity contribution in [3.05, 3.63) is 53.6 Å². The first-order valence-corrected chi connectivity index (χ1v) is 11.3. The fourth-order valence-electron chi connectivity index (χ4n) is 2.77. The normalized spacial score (nSPS) is 11.4. The molecule has 0 aliphatic carbocycles. The molecule has 2 aromatic rings. The van der Waals surface area contributed by atoms with Gasteiger partial charge >= 0.3 is 0 Å². The van der Waals surface area contributed by atoms with Gasteiger partial charge in [0, 0.05) is 0 Å². The third kappa shape index (κ3) is 6.59. The van der Waals surface area contributed by atoms with Crippen LogP contribution in [-0.2, 0) is 10.0 Å². The van der Waals surface area contributed by atoms with E-state index in [0.29, 0.717) is 17.9 Å². The number of ketones is 1. The number of benzene rings is 2. The Morgan fingerprint density at radius 2 is 1.87 bits per heavy atom. The summed E-state index contributed by atoms with van der Waals surface area (Å²) in [6.45, 7) is 4.42. The Morgan fingerprint density at radius 3 is 2.60 bits per heavy atom. The molecule has 30 heavy (non-hydrogen) atoms. The van der Waals surface area contributed by atoms with Crippen molar-refractivity contribution in [2.75, 3.05) is 13.7 Å². The number of aryl methyl sites for hydroxylation is 1. The fraction of sp³-hybridized carbons (Fsp3) is 0.364. The zero-order valence-electron chi connectivity index (χ0n) is 17.6. The number of hydrogen-bond donors (Lipinski definition) is 1. The molecule has 0 radical (unpaired) electrons. The van der Waals surface area contributed by atoms with Gasteiger partial charge in [0.25, 0.3) is 10.0 Å². The largest absolute Gasteiger partial charge is 0.495 e. The smallest absolute Gasteiger partial charge is 0.280 e. The molecule has 0 atom stereocenters. The second-order valence-electron chi connectivity index (χ2n) is 6.78. The number of carbonyl (C=O) groups excluding carboxylic acids is 1. The van der Waals surface area contributed by atoms with Crippen LogP contribution in [0.25, 0.3) is 0 Å². The number of hydrazone groups is 1. The number of rotatable bonds is 12. The number of nitrogens with zero attached hydrogens (tertiary/aromatic N) is 1. The van der Waals surface area contributed by atoms with E-state index in [1.54, 1.807) is 43.3 Å². The number of unbranched alkanes of at least 4 members (excludes halogenated alkanes) is 3. The number of para-hydroxylation sites is 1. The third-order valence-electron chi connectivity index (χ3n) is 4.37. The standard InChI is InChI=1S/C22H28N2O5S/c1-4-5-6-9-14-29-20-11-8-7-10-18(20)19(25)16-23-24-30(26,27)22-15-17(2)12-13-21(22)28-3/h7-8,10-13,15-16,24H,4-6,9,14H2,1-3H3/b23-16+. The summed E-state index contributed by atoms with van der Waals surface area (Å²) in [5, 5.41) is 3.64. The number of methoxy groups -OCH3 is 1. The summed E-state index contributed by atoms with van der Waals surface area (Å²) in [4.78, 5) is 14.5. The Hall–Kier alpha value is -2.87. The molecule has 7 nitrogen and oxygen atoms in total. The average molecular weight is 433 g/mol. The highest BCUT2D eigenvalue weighted by Gasteiger charge is 2.19. The van der Waals surface area contributed by atoms with Crippen molar-refractivity contribution in [3.8, 4) is 11.5 Å². The van der Waals surface area contributed by atoms with Crippen LogP contribution in [0.15, 0.2) is 52.5 Å². The number of Topliss-reactive ketones (excluding diaryl/α,β-unsaturated/α-hetero) is 1. The number of carbonyl (C=O) groups is 1. The lowest BCUT2D eigenvalue weighted by atomic mass is 10.1. The molecule has 162 valence electrons. The lowest BCUT2D eigenvalue weighted by Gasteiger charge is -2.10. The minimum absolute atomic E-state index is 0.0505. The maximum Gasteiger partial charge on any atom is 0.280 e. The van der Waals surface area contributed by atoms with Crippen molar-refractivity contribution in [3.63, 3.8) is 0 Å². The van der Waals surface area contributed by atoms with Gasteiger partial charge in [-0.25, -0.2) is 0 Å². The molecule has 0 aromatic heterocycles. The van der Waals surface area contributed by atoms with E-state index in [-0.39, 0.29) is 10.6 Å². The Balaban J connectivity index is 2.07. The summed E-state index contributed by atoms with van der Waals surface area (Å²) in [7, 11) is -2.61. The van der Waals surface area contributed by atoms with Crippen LogP contribution in [0.4, 0.5) is 0 Å². The molecule has 0 fully saturated rings. The molecule has 0 heterocycles. The molecule has 0 spiro atoms. The average Bonchev–Trinajstić information content (AvgIpc) is 2.73. The van der Waals surface area contributed by atoms with Gasteiger partial charge in [-0.15, -0.1) is 0 Å². The molecular formula is C22H28N2O5S. The van der Waals surface area contributed by atoms with Crippen LogP contribution in [0.1, 0.15) is 48.5 Å². The number of sulfonamides is 1. The molecule has 0 saturated heterocycles. The molecule has 8 heteroatoms. The molecule has 0 aliphatic rings. The molecule has 2 aromatic carbocycles. The van der Waals surface area contributed by atoms with Crippen molar-refractivity contribution >= 4 is 22.0 Å². The lowest BCUT2D eigenvalue weighted by molar-refractivity contribution is 0.106. The predicted molar refractivity (Wildman–Crippen MR) is 117 cm³/mol. The maximum atomic E-state index is 12.5. The highest BCUT2D eigenvalue weighted by molar-refractivity contribution is 7.89. The van der Waals surface area contributed by atoms with Crippen molar-refractivity contribution in [2.24, 2.45) is 5.10 Å². The van der Waals surface area contributed by atoms with Gasteiger partial charge in [0.15, 0.2) is 0 Å². The molecule has 0 saturated carbocycles. The van der Waals surface area contributed by atoms with Crippen molar-refractivity contribution in [1.82, 2.24) is 4.83 Å². The van der Waals surface area contributed by atoms with Crippen LogP contribution < -0.4 is 14.3 Å². The van der Waals surface area contributed by atoms with Crippen molar-refractivity contribution in [1.29, 1.82) is 0 Å². The van der Waals surface area contributed by atoms with Crippen LogP contribution in [0.2, 0.25) is 0 Å². The Labute approximate surface area is 178 Å². The number of nitrogens with one attached hydrogen (secondary N) is 1. The van der Waals surface area contributed by atoms with Crippen LogP contribution in [0.3, 0.4) is 0 Å². The second-order valence-corrected chi connectivity index (χ2v) is 8.41. The van der Waals surface area contributed by atoms with Crippen LogP contribution in [0.5, 0.6) is 11.5 Å². The number of hydrogen-bond acceptors (Lipinski definition) is 6. The first kappa shape index (κ1) is 23.4. The monoisotopic (exact) mass is 432 g/mol. The third-order valence-corrected chi connectivity index (χ3v) is 5.62. The van der Waals surface area contributed by atoms with Gasteiger partial charge in [0.1, 0.15) is 16.4 Å². The lowest BCUT2D eigenvalue weighted by Crippen LogP contribution is -2.20. The summed E-state index contributed by atoms with van der Waals surface area (Å²) < 4.78 is 35.9. The molecule has 0 aliphatic heterocycles. The van der Waals surface area contributed by atoms with Gasteiger partial charge in [-0.1, -0.05) is 44.4 Å². The predicted octanol–water partition coefficient (Wildman–Crippen LogP) is 4.11. The first-order chi connectivity index (χ1) is 14.4. The van der Waals surface area contributed by atoms with Crippen molar-refractivity contribution < 1.29 is 22.7 Å². The molecule has 2 rings (SSSR count). The van der Waals surface area contributed by atoms with E-state index in [4.69, 9.17) is 9.47 Å². The highest BCUT2D eigenvalue weighted by atomic mass is 32.2. The highest BCUT2D eigenvalue weighted by Crippen LogP contribution is 2.24. The van der Waals surface area contributed by atoms with E-state index < -0.39 is 15.8 Å². The molecule has 0 unspecified atom stereocenters. The van der Waals surface area contributed by atoms with Crippen LogP contribution >= 0.6 is 0 Å². The van der Waals surface area contributed by atoms with E-state index in [1.807, 2.05) is 0 Å². The summed E-state index contributed by atoms with van der Waals surface area (Å²) >= 11 is 0. The Kier molecular flexibility index (Phi) is 8.86. The van der Waals surface area contributed by atoms with E-state index in [2.05, 4.69) is 16.9 Å². The minimum Gasteiger partial charge on any atom is -0.495 e. The quantitative estimate of drug-likeness (QED) is 0.236. The molecule has 0 amide bonds. The summed E-state index contributed by atoms with van der Waals surface area (Å²) in [5.41, 5.74) is 1.07. The second kappa shape index (κ2) is 11.3. The SMILES string of the molecule is CCCCCCOc1ccccc1C(=O)/C=N/NS(=O)(=O)c1cc(C)ccc1OC. The van der Waals surface area contributed by atoms with Gasteiger partial charge in [0.2, 0.25) is 5.78 Å². The summed E-state index contributed by atoms with van der Waals surface area (Å²) in [6, 6.07) is 11.6. The van der Waals surface area contributed by atoms with Crippen molar-refractivity contribution in [2.45, 2.75) is 44.4 Å². The van der Waals surface area contributed by atoms with Gasteiger partial charge in [-0.2, -0.15) is 18.4 Å². The topological polar surface area (TPSA) is 94.1 Å². The van der Waals surface area contributed by atoms with Gasteiger partial charge in [-0.3, -0.25) is 4.79 Å². The molecule has 0 bridgehead atoms. The molecular weight excluding hydrogens is 404 g/mol. The first-order valence-electron chi connectivity index (χ1n) is 9.84. The summed E-state index contributed by atoms with van der Waals surface area (Å²) in [5.74, 6) is 0.183. The van der Waals surface area contributed by atoms with Gasteiger partial charge in [0.05, 0.1) is 25.5 Å². The fourth-order valence-corrected chi connectivity index (χ4v) is 3.82. The minimum atomic E-state index is -3.99. The number of ether oxygens (including phenoxy) is 2. The Bertz CT molecular complexity index is 987. The van der Waals surface area contributed by atoms with Gasteiger partial charge in [-0.05, 0) is 43.2 Å². The van der Waals surface area contributed by atoms with Crippen LogP contribution in [-0.4, -0.2) is 34.1 Å². The van der Waals surface area contributed by atoms with E-state index in [1.165, 1.54) is 13.2 Å². The Morgan fingerprint density at radius 1 is 1.10 bits per heavy atom. The molecule has 1 N–H and O–H groups in total. The maximum absolute atomic E-state index is 12.5. The van der Waals surface area contributed by atoms with E-state index >= 15 is 0 Å². The van der Waals surface area contributed by atoms with Gasteiger partial charge < -0.3 is 9.47 Å². The zero-order valence-corrected chi connectivity index (χ0v) is 18.4. The van der Waals surface area contributed by atoms with Crippen LogP contribution in [0, 0.1) is 6.92 Å². The van der Waals surface area contributed by atoms with E-state index in [9.17, 15) is 13.2 Å². The summed E-state index contributed by atoms with van der Waals surface area (Å²) in [6.07, 6.45) is 5.18. The zero-order chi connectivity index (χ0) is 22.0. The van der Waals surface area contributed by atoms with E-state index in [0.717, 1.165) is 37.5 Å².